The maximum atomic E-state index is 12.9. The third kappa shape index (κ3) is 6.09. The fraction of sp³-hybridized carbons (Fsp3) is 0.478. The Morgan fingerprint density at radius 2 is 2.04 bits per heavy atom. The van der Waals surface area contributed by atoms with Crippen molar-refractivity contribution in [1.82, 2.24) is 4.90 Å². The van der Waals surface area contributed by atoms with E-state index < -0.39 is 6.09 Å². The molecule has 0 aliphatic carbocycles. The number of nitrogens with zero attached hydrogens (tertiary/aromatic N) is 1. The maximum absolute atomic E-state index is 12.9. The lowest BCUT2D eigenvalue weighted by molar-refractivity contribution is -0.133. The molecular weight excluding hydrogens is 338 g/mol. The Labute approximate surface area is 162 Å². The molecule has 0 aromatic heterocycles. The summed E-state index contributed by atoms with van der Waals surface area (Å²) in [5.41, 5.74) is 2.08. The SMILES string of the molecule is C=C(C)/C=C/C(C)(C)CC[C@H](C)C(=O)N1C(=O)OC[C@@H]1Cc1ccccc1. The molecule has 1 saturated heterocycles. The predicted octanol–water partition coefficient (Wildman–Crippen LogP) is 5.15. The van der Waals surface area contributed by atoms with E-state index in [-0.39, 0.29) is 29.9 Å². The van der Waals surface area contributed by atoms with E-state index in [9.17, 15) is 9.59 Å². The van der Waals surface area contributed by atoms with Gasteiger partial charge in [-0.3, -0.25) is 4.79 Å². The molecule has 1 aromatic carbocycles. The smallest absolute Gasteiger partial charge is 0.416 e. The predicted molar refractivity (Wildman–Crippen MR) is 108 cm³/mol. The zero-order chi connectivity index (χ0) is 20.0. The van der Waals surface area contributed by atoms with Crippen LogP contribution in [0.3, 0.4) is 0 Å². The highest BCUT2D eigenvalue weighted by atomic mass is 16.6. The lowest BCUT2D eigenvalue weighted by Gasteiger charge is -2.26. The van der Waals surface area contributed by atoms with Gasteiger partial charge in [-0.1, -0.05) is 75.4 Å². The van der Waals surface area contributed by atoms with Crippen LogP contribution in [0.4, 0.5) is 4.79 Å². The highest BCUT2D eigenvalue weighted by molar-refractivity contribution is 5.94. The van der Waals surface area contributed by atoms with E-state index in [1.165, 1.54) is 4.90 Å². The monoisotopic (exact) mass is 369 g/mol. The molecule has 2 atom stereocenters. The third-order valence-corrected chi connectivity index (χ3v) is 4.97. The molecule has 0 unspecified atom stereocenters. The molecule has 1 aliphatic rings. The van der Waals surface area contributed by atoms with E-state index in [4.69, 9.17) is 4.74 Å². The molecule has 27 heavy (non-hydrogen) atoms. The zero-order valence-corrected chi connectivity index (χ0v) is 16.9. The van der Waals surface area contributed by atoms with Gasteiger partial charge in [-0.15, -0.1) is 0 Å². The highest BCUT2D eigenvalue weighted by Gasteiger charge is 2.39. The van der Waals surface area contributed by atoms with Gasteiger partial charge in [0.2, 0.25) is 5.91 Å². The summed E-state index contributed by atoms with van der Waals surface area (Å²) in [5, 5.41) is 0. The molecule has 2 amide bonds. The molecule has 0 N–H and O–H groups in total. The van der Waals surface area contributed by atoms with Crippen molar-refractivity contribution in [2.75, 3.05) is 6.61 Å². The van der Waals surface area contributed by atoms with Crippen molar-refractivity contribution in [2.45, 2.75) is 53.0 Å². The number of hydrogen-bond acceptors (Lipinski definition) is 3. The molecule has 4 heteroatoms. The fourth-order valence-corrected chi connectivity index (χ4v) is 3.17. The molecule has 1 aliphatic heterocycles. The minimum atomic E-state index is -0.519. The number of carbonyl (C=O) groups excluding carboxylic acids is 2. The van der Waals surface area contributed by atoms with E-state index in [0.717, 1.165) is 17.6 Å². The van der Waals surface area contributed by atoms with Crippen LogP contribution < -0.4 is 0 Å². The van der Waals surface area contributed by atoms with E-state index >= 15 is 0 Å². The molecule has 0 spiro atoms. The molecular formula is C23H31NO3. The lowest BCUT2D eigenvalue weighted by atomic mass is 9.84. The topological polar surface area (TPSA) is 46.6 Å². The van der Waals surface area contributed by atoms with Gasteiger partial charge in [0.25, 0.3) is 0 Å². The van der Waals surface area contributed by atoms with Gasteiger partial charge in [0, 0.05) is 5.92 Å². The largest absolute Gasteiger partial charge is 0.447 e. The summed E-state index contributed by atoms with van der Waals surface area (Å²) in [6, 6.07) is 9.65. The minimum Gasteiger partial charge on any atom is -0.447 e. The number of imide groups is 1. The molecule has 1 aromatic rings. The first-order chi connectivity index (χ1) is 12.7. The van der Waals surface area contributed by atoms with Crippen molar-refractivity contribution in [3.8, 4) is 0 Å². The molecule has 0 bridgehead atoms. The molecule has 0 radical (unpaired) electrons. The molecule has 4 nitrogen and oxygen atoms in total. The van der Waals surface area contributed by atoms with E-state index in [1.54, 1.807) is 0 Å². The number of amides is 2. The standard InChI is InChI=1S/C23H31NO3/c1-17(2)11-13-23(4,5)14-12-18(3)21(25)24-20(16-27-22(24)26)15-19-9-7-6-8-10-19/h6-11,13,18,20H,1,12,14-16H2,2-5H3/b13-11+/t18-,20-/m0/s1. The number of carbonyl (C=O) groups is 2. The van der Waals surface area contributed by atoms with Crippen LogP contribution in [0.2, 0.25) is 0 Å². The van der Waals surface area contributed by atoms with Crippen LogP contribution in [-0.2, 0) is 16.0 Å². The van der Waals surface area contributed by atoms with E-state index in [1.807, 2.05) is 50.3 Å². The molecule has 1 heterocycles. The van der Waals surface area contributed by atoms with E-state index in [0.29, 0.717) is 12.8 Å². The highest BCUT2D eigenvalue weighted by Crippen LogP contribution is 2.29. The van der Waals surface area contributed by atoms with E-state index in [2.05, 4.69) is 26.5 Å². The molecule has 1 fully saturated rings. The van der Waals surface area contributed by atoms with Crippen LogP contribution in [0.1, 0.15) is 46.1 Å². The Hall–Kier alpha value is -2.36. The summed E-state index contributed by atoms with van der Waals surface area (Å²) in [5.74, 6) is -0.371. The molecule has 146 valence electrons. The van der Waals surface area contributed by atoms with Crippen LogP contribution in [0.5, 0.6) is 0 Å². The van der Waals surface area contributed by atoms with Gasteiger partial charge < -0.3 is 4.74 Å². The van der Waals surface area contributed by atoms with Crippen molar-refractivity contribution >= 4 is 12.0 Å². The first-order valence-corrected chi connectivity index (χ1v) is 9.58. The summed E-state index contributed by atoms with van der Waals surface area (Å²) in [6.07, 6.45) is 5.83. The van der Waals surface area contributed by atoms with Gasteiger partial charge in [0.1, 0.15) is 6.61 Å². The zero-order valence-electron chi connectivity index (χ0n) is 16.9. The summed E-state index contributed by atoms with van der Waals surface area (Å²) < 4.78 is 5.18. The summed E-state index contributed by atoms with van der Waals surface area (Å²) in [7, 11) is 0. The number of hydrogen-bond donors (Lipinski definition) is 0. The summed E-state index contributed by atoms with van der Waals surface area (Å²) in [4.78, 5) is 26.4. The summed E-state index contributed by atoms with van der Waals surface area (Å²) >= 11 is 0. The quantitative estimate of drug-likeness (QED) is 0.595. The van der Waals surface area contributed by atoms with Gasteiger partial charge in [0.15, 0.2) is 0 Å². The van der Waals surface area contributed by atoms with Crippen LogP contribution in [-0.4, -0.2) is 29.5 Å². The average molecular weight is 370 g/mol. The van der Waals surface area contributed by atoms with Crippen molar-refractivity contribution in [3.63, 3.8) is 0 Å². The Bertz CT molecular complexity index is 706. The number of allylic oxidation sites excluding steroid dienone is 3. The first-order valence-electron chi connectivity index (χ1n) is 9.58. The fourth-order valence-electron chi connectivity index (χ4n) is 3.17. The van der Waals surface area contributed by atoms with Crippen LogP contribution >= 0.6 is 0 Å². The molecule has 2 rings (SSSR count). The second-order valence-electron chi connectivity index (χ2n) is 8.24. The van der Waals surface area contributed by atoms with Crippen LogP contribution in [0, 0.1) is 11.3 Å². The Balaban J connectivity index is 1.99. The summed E-state index contributed by atoms with van der Waals surface area (Å²) in [6.45, 7) is 12.3. The van der Waals surface area contributed by atoms with Gasteiger partial charge in [0.05, 0.1) is 6.04 Å². The number of cyclic esters (lactones) is 1. The van der Waals surface area contributed by atoms with Gasteiger partial charge in [-0.25, -0.2) is 9.69 Å². The number of benzene rings is 1. The van der Waals surface area contributed by atoms with Crippen molar-refractivity contribution in [1.29, 1.82) is 0 Å². The van der Waals surface area contributed by atoms with Crippen LogP contribution in [0.15, 0.2) is 54.6 Å². The normalized spacial score (nSPS) is 18.6. The van der Waals surface area contributed by atoms with Crippen LogP contribution in [0.25, 0.3) is 0 Å². The Morgan fingerprint density at radius 3 is 2.67 bits per heavy atom. The van der Waals surface area contributed by atoms with Gasteiger partial charge >= 0.3 is 6.09 Å². The van der Waals surface area contributed by atoms with Gasteiger partial charge in [-0.2, -0.15) is 0 Å². The lowest BCUT2D eigenvalue weighted by Crippen LogP contribution is -2.43. The number of rotatable bonds is 8. The van der Waals surface area contributed by atoms with Crippen molar-refractivity contribution < 1.29 is 14.3 Å². The van der Waals surface area contributed by atoms with Gasteiger partial charge in [-0.05, 0) is 37.2 Å². The number of ether oxygens (including phenoxy) is 1. The first kappa shape index (κ1) is 20.9. The second-order valence-corrected chi connectivity index (χ2v) is 8.24. The molecule has 0 saturated carbocycles. The second kappa shape index (κ2) is 9.03. The van der Waals surface area contributed by atoms with Crippen molar-refractivity contribution in [3.05, 3.63) is 60.2 Å². The maximum Gasteiger partial charge on any atom is 0.416 e. The average Bonchev–Trinajstić information content (AvgIpc) is 2.98. The third-order valence-electron chi connectivity index (χ3n) is 4.97. The van der Waals surface area contributed by atoms with Crippen molar-refractivity contribution in [2.24, 2.45) is 11.3 Å². The Kier molecular flexibility index (Phi) is 7.00. The minimum absolute atomic E-state index is 0.0253. The Morgan fingerprint density at radius 1 is 1.37 bits per heavy atom.